The Balaban J connectivity index is 2.73. The monoisotopic (exact) mass is 236 g/mol. The Morgan fingerprint density at radius 1 is 1.62 bits per heavy atom. The van der Waals surface area contributed by atoms with Crippen LogP contribution in [0.5, 0.6) is 0 Å². The highest BCUT2D eigenvalue weighted by Gasteiger charge is 1.91. The van der Waals surface area contributed by atoms with Crippen molar-refractivity contribution in [2.75, 3.05) is 5.33 Å². The molecule has 1 rings (SSSR count). The van der Waals surface area contributed by atoms with E-state index in [0.717, 1.165) is 17.3 Å². The first-order valence-corrected chi connectivity index (χ1v) is 5.07. The fraction of sp³-hybridized carbons (Fsp3) is 0.200. The fourth-order valence-electron chi connectivity index (χ4n) is 0.894. The van der Waals surface area contributed by atoms with Crippen molar-refractivity contribution >= 4 is 22.0 Å². The molecule has 1 heterocycles. The molecule has 66 valence electrons. The molecule has 0 aliphatic carbocycles. The van der Waals surface area contributed by atoms with Crippen LogP contribution >= 0.6 is 15.9 Å². The van der Waals surface area contributed by atoms with E-state index >= 15 is 0 Å². The van der Waals surface area contributed by atoms with Crippen LogP contribution in [0.25, 0.3) is 6.08 Å². The summed E-state index contributed by atoms with van der Waals surface area (Å²) in [7, 11) is 0. The van der Waals surface area contributed by atoms with Gasteiger partial charge in [-0.2, -0.15) is 5.26 Å². The van der Waals surface area contributed by atoms with E-state index in [1.54, 1.807) is 12.3 Å². The smallest absolute Gasteiger partial charge is 0.141 e. The van der Waals surface area contributed by atoms with Gasteiger partial charge < -0.3 is 0 Å². The predicted octanol–water partition coefficient (Wildman–Crippen LogP) is 2.75. The molecule has 2 nitrogen and oxygen atoms in total. The van der Waals surface area contributed by atoms with Gasteiger partial charge >= 0.3 is 0 Å². The fourth-order valence-corrected chi connectivity index (χ4v) is 1.16. The second-order valence-corrected chi connectivity index (χ2v) is 3.26. The molecule has 3 heteroatoms. The van der Waals surface area contributed by atoms with E-state index in [1.807, 2.05) is 18.2 Å². The highest BCUT2D eigenvalue weighted by molar-refractivity contribution is 9.09. The lowest BCUT2D eigenvalue weighted by Crippen LogP contribution is -1.81. The van der Waals surface area contributed by atoms with Gasteiger partial charge in [-0.25, -0.2) is 4.98 Å². The number of rotatable bonds is 3. The van der Waals surface area contributed by atoms with E-state index in [9.17, 15) is 0 Å². The molecule has 0 radical (unpaired) electrons. The van der Waals surface area contributed by atoms with E-state index in [1.165, 1.54) is 0 Å². The van der Waals surface area contributed by atoms with Gasteiger partial charge in [0.05, 0.1) is 0 Å². The number of hydrogen-bond donors (Lipinski definition) is 0. The van der Waals surface area contributed by atoms with Gasteiger partial charge in [-0.15, -0.1) is 0 Å². The van der Waals surface area contributed by atoms with E-state index in [-0.39, 0.29) is 0 Å². The summed E-state index contributed by atoms with van der Waals surface area (Å²) in [5, 5.41) is 9.55. The molecule has 0 atom stereocenters. The minimum atomic E-state index is 0.459. The third-order valence-corrected chi connectivity index (χ3v) is 1.94. The number of pyridine rings is 1. The molecule has 0 bridgehead atoms. The summed E-state index contributed by atoms with van der Waals surface area (Å²) in [6.45, 7) is 0. The van der Waals surface area contributed by atoms with Gasteiger partial charge in [-0.05, 0) is 24.1 Å². The van der Waals surface area contributed by atoms with Crippen LogP contribution in [0.1, 0.15) is 17.7 Å². The van der Waals surface area contributed by atoms with Gasteiger partial charge in [0.25, 0.3) is 0 Å². The largest absolute Gasteiger partial charge is 0.246 e. The zero-order valence-electron chi connectivity index (χ0n) is 7.07. The van der Waals surface area contributed by atoms with Crippen LogP contribution in [-0.2, 0) is 0 Å². The molecule has 1 aromatic rings. The lowest BCUT2D eigenvalue weighted by molar-refractivity contribution is 1.25. The van der Waals surface area contributed by atoms with Crippen LogP contribution in [0.3, 0.4) is 0 Å². The maximum absolute atomic E-state index is 8.59. The second kappa shape index (κ2) is 5.50. The molecular formula is C10H9BrN2. The highest BCUT2D eigenvalue weighted by atomic mass is 79.9. The van der Waals surface area contributed by atoms with Gasteiger partial charge in [-0.3, -0.25) is 0 Å². The Labute approximate surface area is 86.0 Å². The van der Waals surface area contributed by atoms with Crippen LogP contribution in [0.4, 0.5) is 0 Å². The third-order valence-electron chi connectivity index (χ3n) is 1.48. The number of alkyl halides is 1. The normalized spacial score (nSPS) is 10.2. The SMILES string of the molecule is N#Cc1cc(C=CCCBr)ccn1. The zero-order valence-corrected chi connectivity index (χ0v) is 8.66. The van der Waals surface area contributed by atoms with E-state index in [2.05, 4.69) is 27.0 Å². The van der Waals surface area contributed by atoms with Gasteiger partial charge in [0.2, 0.25) is 0 Å². The highest BCUT2D eigenvalue weighted by Crippen LogP contribution is 2.04. The number of halogens is 1. The van der Waals surface area contributed by atoms with E-state index < -0.39 is 0 Å². The molecule has 13 heavy (non-hydrogen) atoms. The second-order valence-electron chi connectivity index (χ2n) is 2.47. The summed E-state index contributed by atoms with van der Waals surface area (Å²) >= 11 is 3.34. The van der Waals surface area contributed by atoms with Gasteiger partial charge in [-0.1, -0.05) is 28.1 Å². The minimum absolute atomic E-state index is 0.459. The number of nitrogens with zero attached hydrogens (tertiary/aromatic N) is 2. The Morgan fingerprint density at radius 3 is 3.15 bits per heavy atom. The summed E-state index contributed by atoms with van der Waals surface area (Å²) in [6, 6.07) is 5.65. The molecule has 0 unspecified atom stereocenters. The maximum Gasteiger partial charge on any atom is 0.141 e. The average Bonchev–Trinajstić information content (AvgIpc) is 2.19. The number of allylic oxidation sites excluding steroid dienone is 1. The molecule has 0 aromatic carbocycles. The van der Waals surface area contributed by atoms with Crippen molar-refractivity contribution in [2.45, 2.75) is 6.42 Å². The molecule has 0 N–H and O–H groups in total. The summed E-state index contributed by atoms with van der Waals surface area (Å²) in [4.78, 5) is 3.88. The summed E-state index contributed by atoms with van der Waals surface area (Å²) in [6.07, 6.45) is 6.69. The number of nitriles is 1. The Morgan fingerprint density at radius 2 is 2.46 bits per heavy atom. The molecule has 0 fully saturated rings. The summed E-state index contributed by atoms with van der Waals surface area (Å²) in [5.74, 6) is 0. The minimum Gasteiger partial charge on any atom is -0.246 e. The number of aromatic nitrogens is 1. The van der Waals surface area contributed by atoms with Crippen LogP contribution in [0.2, 0.25) is 0 Å². The van der Waals surface area contributed by atoms with Crippen LogP contribution in [0.15, 0.2) is 24.4 Å². The van der Waals surface area contributed by atoms with E-state index in [0.29, 0.717) is 5.69 Å². The third kappa shape index (κ3) is 3.39. The van der Waals surface area contributed by atoms with Crippen molar-refractivity contribution < 1.29 is 0 Å². The summed E-state index contributed by atoms with van der Waals surface area (Å²) in [5.41, 5.74) is 1.48. The van der Waals surface area contributed by atoms with Crippen molar-refractivity contribution in [3.05, 3.63) is 35.7 Å². The Kier molecular flexibility index (Phi) is 4.20. The molecule has 0 spiro atoms. The summed E-state index contributed by atoms with van der Waals surface area (Å²) < 4.78 is 0. The van der Waals surface area contributed by atoms with Gasteiger partial charge in [0, 0.05) is 11.5 Å². The van der Waals surface area contributed by atoms with Gasteiger partial charge in [0.1, 0.15) is 11.8 Å². The van der Waals surface area contributed by atoms with Crippen molar-refractivity contribution in [3.63, 3.8) is 0 Å². The predicted molar refractivity (Wildman–Crippen MR) is 56.4 cm³/mol. The topological polar surface area (TPSA) is 36.7 Å². The lowest BCUT2D eigenvalue weighted by Gasteiger charge is -1.92. The zero-order chi connectivity index (χ0) is 9.52. The van der Waals surface area contributed by atoms with Crippen LogP contribution < -0.4 is 0 Å². The standard InChI is InChI=1S/C10H9BrN2/c11-5-2-1-3-9-4-6-13-10(7-9)8-12/h1,3-4,6-7H,2,5H2. The van der Waals surface area contributed by atoms with Crippen molar-refractivity contribution in [1.29, 1.82) is 5.26 Å². The molecule has 0 saturated carbocycles. The van der Waals surface area contributed by atoms with Crippen LogP contribution in [-0.4, -0.2) is 10.3 Å². The molecule has 0 amide bonds. The maximum atomic E-state index is 8.59. The lowest BCUT2D eigenvalue weighted by atomic mass is 10.2. The number of hydrogen-bond acceptors (Lipinski definition) is 2. The van der Waals surface area contributed by atoms with Gasteiger partial charge in [0.15, 0.2) is 0 Å². The Bertz CT molecular complexity index is 339. The first kappa shape index (κ1) is 9.94. The van der Waals surface area contributed by atoms with Crippen molar-refractivity contribution in [3.8, 4) is 6.07 Å². The molecule has 0 aliphatic heterocycles. The molecule has 0 saturated heterocycles. The van der Waals surface area contributed by atoms with Crippen LogP contribution in [0, 0.1) is 11.3 Å². The molecule has 1 aromatic heterocycles. The van der Waals surface area contributed by atoms with E-state index in [4.69, 9.17) is 5.26 Å². The average molecular weight is 237 g/mol. The molecular weight excluding hydrogens is 228 g/mol. The Hall–Kier alpha value is -1.14. The van der Waals surface area contributed by atoms with Crippen molar-refractivity contribution in [2.24, 2.45) is 0 Å². The quantitative estimate of drug-likeness (QED) is 0.758. The van der Waals surface area contributed by atoms with Crippen molar-refractivity contribution in [1.82, 2.24) is 4.98 Å². The first-order chi connectivity index (χ1) is 6.36. The first-order valence-electron chi connectivity index (χ1n) is 3.95. The molecule has 0 aliphatic rings.